The van der Waals surface area contributed by atoms with Crippen LogP contribution in [-0.2, 0) is 14.6 Å². The normalized spacial score (nSPS) is 12.8. The van der Waals surface area contributed by atoms with Gasteiger partial charge in [-0.1, -0.05) is 67.6 Å². The summed E-state index contributed by atoms with van der Waals surface area (Å²) in [7, 11) is -3.86. The molecule has 2 rings (SSSR count). The van der Waals surface area contributed by atoms with Crippen molar-refractivity contribution in [3.8, 4) is 0 Å². The van der Waals surface area contributed by atoms with E-state index in [1.54, 1.807) is 55.5 Å². The Hall–Kier alpha value is -2.40. The van der Waals surface area contributed by atoms with Crippen LogP contribution in [0.25, 0.3) is 0 Å². The van der Waals surface area contributed by atoms with Gasteiger partial charge < -0.3 is 5.11 Å². The highest BCUT2D eigenvalue weighted by Crippen LogP contribution is 2.35. The first kappa shape index (κ1) is 17.9. The van der Waals surface area contributed by atoms with Crippen molar-refractivity contribution in [2.45, 2.75) is 25.5 Å². The van der Waals surface area contributed by atoms with E-state index < -0.39 is 21.1 Å². The molecule has 126 valence electrons. The van der Waals surface area contributed by atoms with Gasteiger partial charge in [0.25, 0.3) is 0 Å². The zero-order valence-corrected chi connectivity index (χ0v) is 14.5. The molecule has 0 spiro atoms. The third-order valence-electron chi connectivity index (χ3n) is 3.98. The van der Waals surface area contributed by atoms with E-state index in [-0.39, 0.29) is 16.9 Å². The molecule has 0 atom stereocenters. The van der Waals surface area contributed by atoms with Crippen LogP contribution in [0.5, 0.6) is 0 Å². The Morgan fingerprint density at radius 1 is 0.958 bits per heavy atom. The SMILES string of the molecule is CCC(C(=O)O)=C(C)S(=O)(=O)C(c1ccccc1)c1ccccc1. The Kier molecular flexibility index (Phi) is 5.57. The molecule has 24 heavy (non-hydrogen) atoms. The summed E-state index contributed by atoms with van der Waals surface area (Å²) in [6, 6.07) is 17.7. The van der Waals surface area contributed by atoms with Crippen LogP contribution in [0.15, 0.2) is 71.1 Å². The molecule has 0 aromatic heterocycles. The smallest absolute Gasteiger partial charge is 0.332 e. The fourth-order valence-corrected chi connectivity index (χ4v) is 4.67. The predicted octanol–water partition coefficient (Wildman–Crippen LogP) is 3.96. The van der Waals surface area contributed by atoms with E-state index in [9.17, 15) is 18.3 Å². The van der Waals surface area contributed by atoms with Crippen LogP contribution < -0.4 is 0 Å². The summed E-state index contributed by atoms with van der Waals surface area (Å²) in [6.07, 6.45) is 0.150. The standard InChI is InChI=1S/C19H20O4S/c1-3-17(19(20)21)14(2)24(22,23)18(15-10-6-4-7-11-15)16-12-8-5-9-13-16/h4-13,18H,3H2,1-2H3,(H,20,21). The molecule has 0 unspecified atom stereocenters. The van der Waals surface area contributed by atoms with Crippen LogP contribution in [0.3, 0.4) is 0 Å². The van der Waals surface area contributed by atoms with Crippen LogP contribution in [-0.4, -0.2) is 19.5 Å². The number of hydrogen-bond acceptors (Lipinski definition) is 3. The molecule has 0 heterocycles. The molecule has 0 aliphatic carbocycles. The summed E-state index contributed by atoms with van der Waals surface area (Å²) in [5.41, 5.74) is 1.15. The minimum Gasteiger partial charge on any atom is -0.478 e. The molecule has 0 saturated carbocycles. The van der Waals surface area contributed by atoms with Crippen molar-refractivity contribution in [2.24, 2.45) is 0 Å². The molecule has 1 N–H and O–H groups in total. The van der Waals surface area contributed by atoms with Gasteiger partial charge in [-0.3, -0.25) is 0 Å². The number of carbonyl (C=O) groups is 1. The summed E-state index contributed by atoms with van der Waals surface area (Å²) in [5.74, 6) is -1.20. The first-order valence-electron chi connectivity index (χ1n) is 7.66. The lowest BCUT2D eigenvalue weighted by atomic mass is 10.0. The van der Waals surface area contributed by atoms with Crippen molar-refractivity contribution in [3.05, 3.63) is 82.3 Å². The van der Waals surface area contributed by atoms with E-state index in [2.05, 4.69) is 0 Å². The fraction of sp³-hybridized carbons (Fsp3) is 0.211. The van der Waals surface area contributed by atoms with E-state index >= 15 is 0 Å². The minimum absolute atomic E-state index is 0.0770. The highest BCUT2D eigenvalue weighted by atomic mass is 32.2. The summed E-state index contributed by atoms with van der Waals surface area (Å²) in [4.78, 5) is 11.3. The van der Waals surface area contributed by atoms with Crippen molar-refractivity contribution in [1.29, 1.82) is 0 Å². The molecule has 4 nitrogen and oxygen atoms in total. The molecule has 0 fully saturated rings. The third-order valence-corrected chi connectivity index (χ3v) is 6.24. The summed E-state index contributed by atoms with van der Waals surface area (Å²) in [5, 5.41) is 8.38. The maximum absolute atomic E-state index is 13.2. The number of benzene rings is 2. The van der Waals surface area contributed by atoms with Gasteiger partial charge >= 0.3 is 5.97 Å². The number of carboxylic acid groups (broad SMARTS) is 1. The number of hydrogen-bond donors (Lipinski definition) is 1. The molecule has 0 radical (unpaired) electrons. The molecule has 0 amide bonds. The van der Waals surface area contributed by atoms with Gasteiger partial charge in [0, 0.05) is 0 Å². The fourth-order valence-electron chi connectivity index (χ4n) is 2.71. The van der Waals surface area contributed by atoms with Gasteiger partial charge in [-0.15, -0.1) is 0 Å². The number of rotatable bonds is 6. The summed E-state index contributed by atoms with van der Waals surface area (Å²) < 4.78 is 26.4. The topological polar surface area (TPSA) is 71.4 Å². The Morgan fingerprint density at radius 2 is 1.38 bits per heavy atom. The predicted molar refractivity (Wildman–Crippen MR) is 94.3 cm³/mol. The monoisotopic (exact) mass is 344 g/mol. The van der Waals surface area contributed by atoms with Gasteiger partial charge in [-0.25, -0.2) is 13.2 Å². The van der Waals surface area contributed by atoms with Gasteiger partial charge in [0.2, 0.25) is 0 Å². The van der Waals surface area contributed by atoms with Crippen molar-refractivity contribution >= 4 is 15.8 Å². The second-order valence-electron chi connectivity index (χ2n) is 5.44. The molecule has 5 heteroatoms. The Morgan fingerprint density at radius 3 is 1.71 bits per heavy atom. The molecule has 0 aliphatic heterocycles. The number of aliphatic carboxylic acids is 1. The largest absolute Gasteiger partial charge is 0.478 e. The van der Waals surface area contributed by atoms with Gasteiger partial charge in [-0.2, -0.15) is 0 Å². The quantitative estimate of drug-likeness (QED) is 0.805. The molecule has 0 aliphatic rings. The number of sulfone groups is 1. The van der Waals surface area contributed by atoms with Crippen molar-refractivity contribution in [2.75, 3.05) is 0 Å². The van der Waals surface area contributed by atoms with Gasteiger partial charge in [-0.05, 0) is 24.5 Å². The molecule has 0 bridgehead atoms. The average Bonchev–Trinajstić information content (AvgIpc) is 2.57. The van der Waals surface area contributed by atoms with Gasteiger partial charge in [0.1, 0.15) is 5.25 Å². The van der Waals surface area contributed by atoms with Gasteiger partial charge in [0.15, 0.2) is 9.84 Å². The second-order valence-corrected chi connectivity index (χ2v) is 7.61. The summed E-state index contributed by atoms with van der Waals surface area (Å²) >= 11 is 0. The van der Waals surface area contributed by atoms with Crippen molar-refractivity contribution in [1.82, 2.24) is 0 Å². The highest BCUT2D eigenvalue weighted by Gasteiger charge is 2.33. The lowest BCUT2D eigenvalue weighted by Gasteiger charge is -2.20. The van der Waals surface area contributed by atoms with Crippen molar-refractivity contribution in [3.63, 3.8) is 0 Å². The van der Waals surface area contributed by atoms with E-state index in [0.29, 0.717) is 11.1 Å². The Balaban J connectivity index is 2.70. The molecule has 0 saturated heterocycles. The second kappa shape index (κ2) is 7.45. The lowest BCUT2D eigenvalue weighted by Crippen LogP contribution is -2.18. The maximum atomic E-state index is 13.2. The third kappa shape index (κ3) is 3.57. The van der Waals surface area contributed by atoms with E-state index in [4.69, 9.17) is 0 Å². The maximum Gasteiger partial charge on any atom is 0.332 e. The zero-order chi connectivity index (χ0) is 17.7. The minimum atomic E-state index is -3.86. The van der Waals surface area contributed by atoms with Crippen LogP contribution in [0.1, 0.15) is 36.6 Å². The Labute approximate surface area is 142 Å². The van der Waals surface area contributed by atoms with Crippen molar-refractivity contribution < 1.29 is 18.3 Å². The molecular formula is C19H20O4S. The van der Waals surface area contributed by atoms with Crippen LogP contribution in [0.4, 0.5) is 0 Å². The molecule has 2 aromatic carbocycles. The first-order chi connectivity index (χ1) is 11.4. The number of allylic oxidation sites excluding steroid dienone is 1. The first-order valence-corrected chi connectivity index (χ1v) is 9.21. The molecule has 2 aromatic rings. The van der Waals surface area contributed by atoms with Crippen LogP contribution in [0.2, 0.25) is 0 Å². The van der Waals surface area contributed by atoms with E-state index in [1.165, 1.54) is 6.92 Å². The number of carboxylic acids is 1. The molecular weight excluding hydrogens is 324 g/mol. The lowest BCUT2D eigenvalue weighted by molar-refractivity contribution is -0.132. The summed E-state index contributed by atoms with van der Waals surface area (Å²) in [6.45, 7) is 3.02. The van der Waals surface area contributed by atoms with Crippen LogP contribution >= 0.6 is 0 Å². The van der Waals surface area contributed by atoms with Gasteiger partial charge in [0.05, 0.1) is 10.5 Å². The zero-order valence-electron chi connectivity index (χ0n) is 13.6. The van der Waals surface area contributed by atoms with E-state index in [0.717, 1.165) is 0 Å². The van der Waals surface area contributed by atoms with E-state index in [1.807, 2.05) is 12.1 Å². The highest BCUT2D eigenvalue weighted by molar-refractivity contribution is 7.95. The Bertz CT molecular complexity index is 798. The average molecular weight is 344 g/mol. The van der Waals surface area contributed by atoms with Crippen LogP contribution in [0, 0.1) is 0 Å².